The van der Waals surface area contributed by atoms with Crippen LogP contribution in [0.3, 0.4) is 0 Å². The van der Waals surface area contributed by atoms with E-state index < -0.39 is 0 Å². The summed E-state index contributed by atoms with van der Waals surface area (Å²) in [6.07, 6.45) is 1.71. The average molecular weight is 166 g/mol. The van der Waals surface area contributed by atoms with E-state index in [0.29, 0.717) is 6.01 Å². The van der Waals surface area contributed by atoms with Crippen molar-refractivity contribution in [2.45, 2.75) is 26.2 Å². The number of ether oxygens (including phenoxy) is 1. The zero-order valence-electron chi connectivity index (χ0n) is 7.96. The molecular weight excluding hydrogens is 152 g/mol. The van der Waals surface area contributed by atoms with E-state index in [1.807, 2.05) is 6.07 Å². The number of aromatic nitrogens is 2. The average Bonchev–Trinajstić information content (AvgIpc) is 2.03. The Morgan fingerprint density at radius 3 is 2.50 bits per heavy atom. The van der Waals surface area contributed by atoms with Crippen LogP contribution in [-0.2, 0) is 5.41 Å². The Morgan fingerprint density at radius 2 is 2.00 bits per heavy atom. The minimum atomic E-state index is 0.0518. The maximum Gasteiger partial charge on any atom is 0.316 e. The molecule has 0 amide bonds. The lowest BCUT2D eigenvalue weighted by Crippen LogP contribution is -2.14. The Labute approximate surface area is 72.8 Å². The fourth-order valence-electron chi connectivity index (χ4n) is 0.857. The summed E-state index contributed by atoms with van der Waals surface area (Å²) in [5.41, 5.74) is 1.05. The van der Waals surface area contributed by atoms with Gasteiger partial charge in [-0.15, -0.1) is 0 Å². The monoisotopic (exact) mass is 166 g/mol. The van der Waals surface area contributed by atoms with Gasteiger partial charge in [0.15, 0.2) is 0 Å². The van der Waals surface area contributed by atoms with Gasteiger partial charge in [-0.05, 0) is 6.07 Å². The van der Waals surface area contributed by atoms with Gasteiger partial charge in [-0.25, -0.2) is 4.98 Å². The summed E-state index contributed by atoms with van der Waals surface area (Å²) in [6.45, 7) is 6.32. The molecule has 1 rings (SSSR count). The van der Waals surface area contributed by atoms with Crippen LogP contribution in [0.25, 0.3) is 0 Å². The van der Waals surface area contributed by atoms with Crippen molar-refractivity contribution in [1.29, 1.82) is 0 Å². The van der Waals surface area contributed by atoms with Gasteiger partial charge >= 0.3 is 6.01 Å². The highest BCUT2D eigenvalue weighted by atomic mass is 16.5. The molecule has 1 aromatic heterocycles. The van der Waals surface area contributed by atoms with Crippen LogP contribution in [-0.4, -0.2) is 17.1 Å². The van der Waals surface area contributed by atoms with E-state index in [4.69, 9.17) is 4.74 Å². The Hall–Kier alpha value is -1.12. The molecular formula is C9H14N2O. The van der Waals surface area contributed by atoms with E-state index in [2.05, 4.69) is 30.7 Å². The maximum absolute atomic E-state index is 4.93. The van der Waals surface area contributed by atoms with E-state index in [0.717, 1.165) is 5.69 Å². The molecule has 0 radical (unpaired) electrons. The van der Waals surface area contributed by atoms with Gasteiger partial charge in [-0.3, -0.25) is 0 Å². The van der Waals surface area contributed by atoms with E-state index in [1.165, 1.54) is 0 Å². The third-order valence-electron chi connectivity index (χ3n) is 1.58. The fourth-order valence-corrected chi connectivity index (χ4v) is 0.857. The van der Waals surface area contributed by atoms with Crippen LogP contribution in [0.4, 0.5) is 0 Å². The SMILES string of the molecule is COc1nccc(C(C)(C)C)n1. The third kappa shape index (κ3) is 1.94. The van der Waals surface area contributed by atoms with Crippen molar-refractivity contribution >= 4 is 0 Å². The van der Waals surface area contributed by atoms with Gasteiger partial charge in [0.05, 0.1) is 12.8 Å². The number of nitrogens with zero attached hydrogens (tertiary/aromatic N) is 2. The number of hydrogen-bond acceptors (Lipinski definition) is 3. The van der Waals surface area contributed by atoms with Crippen LogP contribution < -0.4 is 4.74 Å². The lowest BCUT2D eigenvalue weighted by molar-refractivity contribution is 0.373. The molecule has 0 atom stereocenters. The Morgan fingerprint density at radius 1 is 1.33 bits per heavy atom. The molecule has 0 aliphatic heterocycles. The minimum absolute atomic E-state index is 0.0518. The summed E-state index contributed by atoms with van der Waals surface area (Å²) >= 11 is 0. The predicted octanol–water partition coefficient (Wildman–Crippen LogP) is 1.78. The first kappa shape index (κ1) is 8.97. The van der Waals surface area contributed by atoms with Crippen molar-refractivity contribution in [1.82, 2.24) is 9.97 Å². The van der Waals surface area contributed by atoms with Gasteiger partial charge < -0.3 is 4.74 Å². The Balaban J connectivity index is 3.02. The highest BCUT2D eigenvalue weighted by molar-refractivity contribution is 5.13. The van der Waals surface area contributed by atoms with Crippen LogP contribution in [0.15, 0.2) is 12.3 Å². The van der Waals surface area contributed by atoms with Crippen LogP contribution in [0.2, 0.25) is 0 Å². The smallest absolute Gasteiger partial charge is 0.316 e. The minimum Gasteiger partial charge on any atom is -0.467 e. The first-order valence-corrected chi connectivity index (χ1v) is 3.91. The fraction of sp³-hybridized carbons (Fsp3) is 0.556. The van der Waals surface area contributed by atoms with Gasteiger partial charge in [0.25, 0.3) is 0 Å². The second-order valence-corrected chi connectivity index (χ2v) is 3.68. The van der Waals surface area contributed by atoms with Gasteiger partial charge in [0, 0.05) is 11.6 Å². The lowest BCUT2D eigenvalue weighted by Gasteiger charge is -2.17. The number of hydrogen-bond donors (Lipinski definition) is 0. The number of rotatable bonds is 1. The zero-order valence-corrected chi connectivity index (χ0v) is 7.96. The third-order valence-corrected chi connectivity index (χ3v) is 1.58. The van der Waals surface area contributed by atoms with Gasteiger partial charge in [-0.1, -0.05) is 20.8 Å². The van der Waals surface area contributed by atoms with Gasteiger partial charge in [0.2, 0.25) is 0 Å². The molecule has 0 aliphatic rings. The first-order chi connectivity index (χ1) is 5.54. The summed E-state index contributed by atoms with van der Waals surface area (Å²) in [5, 5.41) is 0. The van der Waals surface area contributed by atoms with E-state index in [9.17, 15) is 0 Å². The second-order valence-electron chi connectivity index (χ2n) is 3.68. The first-order valence-electron chi connectivity index (χ1n) is 3.91. The summed E-state index contributed by atoms with van der Waals surface area (Å²) in [4.78, 5) is 8.17. The molecule has 0 aromatic carbocycles. The maximum atomic E-state index is 4.93. The Kier molecular flexibility index (Phi) is 2.31. The molecule has 0 spiro atoms. The topological polar surface area (TPSA) is 35.0 Å². The highest BCUT2D eigenvalue weighted by Gasteiger charge is 2.15. The van der Waals surface area contributed by atoms with Crippen LogP contribution in [0.5, 0.6) is 6.01 Å². The van der Waals surface area contributed by atoms with Crippen molar-refractivity contribution < 1.29 is 4.74 Å². The normalized spacial score (nSPS) is 11.3. The molecule has 0 fully saturated rings. The summed E-state index contributed by atoms with van der Waals surface area (Å²) in [5.74, 6) is 0. The van der Waals surface area contributed by atoms with E-state index >= 15 is 0 Å². The molecule has 3 nitrogen and oxygen atoms in total. The van der Waals surface area contributed by atoms with Gasteiger partial charge in [0.1, 0.15) is 0 Å². The van der Waals surface area contributed by atoms with Gasteiger partial charge in [-0.2, -0.15) is 4.98 Å². The van der Waals surface area contributed by atoms with Crippen molar-refractivity contribution in [2.75, 3.05) is 7.11 Å². The molecule has 0 saturated heterocycles. The molecule has 0 bridgehead atoms. The van der Waals surface area contributed by atoms with Crippen molar-refractivity contribution in [3.8, 4) is 6.01 Å². The molecule has 1 aromatic rings. The lowest BCUT2D eigenvalue weighted by atomic mass is 9.92. The predicted molar refractivity (Wildman–Crippen MR) is 47.3 cm³/mol. The van der Waals surface area contributed by atoms with Crippen LogP contribution in [0.1, 0.15) is 26.5 Å². The van der Waals surface area contributed by atoms with E-state index in [-0.39, 0.29) is 5.41 Å². The molecule has 12 heavy (non-hydrogen) atoms. The standard InChI is InChI=1S/C9H14N2O/c1-9(2,3)7-5-6-10-8(11-7)12-4/h5-6H,1-4H3. The molecule has 0 N–H and O–H groups in total. The van der Waals surface area contributed by atoms with Crippen molar-refractivity contribution in [3.63, 3.8) is 0 Å². The zero-order chi connectivity index (χ0) is 9.19. The molecule has 0 aliphatic carbocycles. The van der Waals surface area contributed by atoms with Crippen LogP contribution in [0, 0.1) is 0 Å². The van der Waals surface area contributed by atoms with Crippen LogP contribution >= 0.6 is 0 Å². The molecule has 66 valence electrons. The molecule has 0 saturated carbocycles. The number of methoxy groups -OCH3 is 1. The van der Waals surface area contributed by atoms with Crippen molar-refractivity contribution in [2.24, 2.45) is 0 Å². The van der Waals surface area contributed by atoms with Crippen molar-refractivity contribution in [3.05, 3.63) is 18.0 Å². The second kappa shape index (κ2) is 3.09. The quantitative estimate of drug-likeness (QED) is 0.638. The largest absolute Gasteiger partial charge is 0.467 e. The summed E-state index contributed by atoms with van der Waals surface area (Å²) < 4.78 is 4.93. The molecule has 1 heterocycles. The highest BCUT2D eigenvalue weighted by Crippen LogP contribution is 2.20. The molecule has 3 heteroatoms. The molecule has 0 unspecified atom stereocenters. The summed E-state index contributed by atoms with van der Waals surface area (Å²) in [7, 11) is 1.57. The van der Waals surface area contributed by atoms with E-state index in [1.54, 1.807) is 13.3 Å². The Bertz CT molecular complexity index is 265. The summed E-state index contributed by atoms with van der Waals surface area (Å²) in [6, 6.07) is 2.34.